The average Bonchev–Trinajstić information content (AvgIpc) is 2.45. The maximum atomic E-state index is 13.5. The van der Waals surface area contributed by atoms with Crippen LogP contribution in [0.3, 0.4) is 0 Å². The van der Waals surface area contributed by atoms with Gasteiger partial charge in [-0.25, -0.2) is 9.18 Å². The Hall–Kier alpha value is -2.27. The Morgan fingerprint density at radius 1 is 1.24 bits per heavy atom. The predicted molar refractivity (Wildman–Crippen MR) is 77.6 cm³/mol. The number of para-hydroxylation sites is 2. The average molecular weight is 310 g/mol. The minimum Gasteiger partial charge on any atom is -0.480 e. The van der Waals surface area contributed by atoms with Crippen LogP contribution in [-0.2, 0) is 16.1 Å². The van der Waals surface area contributed by atoms with Gasteiger partial charge in [0, 0.05) is 10.6 Å². The van der Waals surface area contributed by atoms with Crippen LogP contribution in [0.5, 0.6) is 5.75 Å². The van der Waals surface area contributed by atoms with Crippen molar-refractivity contribution in [2.45, 2.75) is 6.61 Å². The van der Waals surface area contributed by atoms with Crippen molar-refractivity contribution in [1.29, 1.82) is 0 Å². The highest BCUT2D eigenvalue weighted by Gasteiger charge is 2.09. The lowest BCUT2D eigenvalue weighted by Crippen LogP contribution is -2.15. The highest BCUT2D eigenvalue weighted by Crippen LogP contribution is 2.19. The van der Waals surface area contributed by atoms with Crippen LogP contribution in [0.2, 0.25) is 5.02 Å². The van der Waals surface area contributed by atoms with E-state index in [4.69, 9.17) is 26.8 Å². The minimum atomic E-state index is -0.618. The number of anilines is 1. The molecular formula is C15H13ClFNO3. The fraction of sp³-hybridized carbons (Fsp3) is 0.133. The minimum absolute atomic E-state index is 0.185. The van der Waals surface area contributed by atoms with Crippen molar-refractivity contribution in [3.05, 3.63) is 58.9 Å². The van der Waals surface area contributed by atoms with Crippen LogP contribution in [-0.4, -0.2) is 12.6 Å². The van der Waals surface area contributed by atoms with Crippen LogP contribution in [0.4, 0.5) is 10.1 Å². The van der Waals surface area contributed by atoms with E-state index in [0.717, 1.165) is 6.07 Å². The molecule has 0 aromatic heterocycles. The Bertz CT molecular complexity index is 649. The van der Waals surface area contributed by atoms with Gasteiger partial charge in [0.1, 0.15) is 18.2 Å². The van der Waals surface area contributed by atoms with E-state index < -0.39 is 11.8 Å². The lowest BCUT2D eigenvalue weighted by molar-refractivity contribution is -0.147. The number of ether oxygens (including phenoxy) is 2. The summed E-state index contributed by atoms with van der Waals surface area (Å²) in [5, 5.41) is 0.283. The van der Waals surface area contributed by atoms with Gasteiger partial charge in [-0.3, -0.25) is 0 Å². The molecule has 2 aromatic rings. The van der Waals surface area contributed by atoms with Gasteiger partial charge in [0.15, 0.2) is 6.61 Å². The molecule has 110 valence electrons. The van der Waals surface area contributed by atoms with Gasteiger partial charge < -0.3 is 15.2 Å². The molecule has 0 aliphatic carbocycles. The molecule has 2 aromatic carbocycles. The Labute approximate surface area is 126 Å². The third-order valence-electron chi connectivity index (χ3n) is 2.67. The zero-order chi connectivity index (χ0) is 15.2. The molecule has 0 aliphatic heterocycles. The second-order valence-corrected chi connectivity index (χ2v) is 4.66. The van der Waals surface area contributed by atoms with E-state index in [2.05, 4.69) is 0 Å². The number of hydrogen-bond donors (Lipinski definition) is 1. The Morgan fingerprint density at radius 3 is 2.71 bits per heavy atom. The molecule has 0 bridgehead atoms. The fourth-order valence-electron chi connectivity index (χ4n) is 1.59. The van der Waals surface area contributed by atoms with Crippen molar-refractivity contribution in [2.75, 3.05) is 12.3 Å². The summed E-state index contributed by atoms with van der Waals surface area (Å²) in [4.78, 5) is 11.5. The largest absolute Gasteiger partial charge is 0.480 e. The molecule has 0 aliphatic rings. The Kier molecular flexibility index (Phi) is 5.00. The first-order valence-electron chi connectivity index (χ1n) is 6.13. The van der Waals surface area contributed by atoms with Crippen LogP contribution in [0.15, 0.2) is 42.5 Å². The quantitative estimate of drug-likeness (QED) is 0.680. The standard InChI is InChI=1S/C15H13ClFNO3/c16-11-6-5-10(12(17)7-11)8-21-15(19)9-20-14-4-2-1-3-13(14)18/h1-7H,8-9,18H2. The summed E-state index contributed by atoms with van der Waals surface area (Å²) in [7, 11) is 0. The molecule has 4 nitrogen and oxygen atoms in total. The summed E-state index contributed by atoms with van der Waals surface area (Å²) < 4.78 is 23.6. The number of carbonyl (C=O) groups is 1. The van der Waals surface area contributed by atoms with Crippen LogP contribution >= 0.6 is 11.6 Å². The van der Waals surface area contributed by atoms with E-state index in [1.807, 2.05) is 0 Å². The summed E-state index contributed by atoms with van der Waals surface area (Å²) in [5.74, 6) is -0.747. The van der Waals surface area contributed by atoms with E-state index in [0.29, 0.717) is 11.4 Å². The van der Waals surface area contributed by atoms with E-state index >= 15 is 0 Å². The number of carbonyl (C=O) groups excluding carboxylic acids is 1. The van der Waals surface area contributed by atoms with Gasteiger partial charge in [-0.2, -0.15) is 0 Å². The van der Waals surface area contributed by atoms with E-state index in [9.17, 15) is 9.18 Å². The number of nitrogen functional groups attached to an aromatic ring is 1. The van der Waals surface area contributed by atoms with Crippen molar-refractivity contribution < 1.29 is 18.7 Å². The highest BCUT2D eigenvalue weighted by atomic mass is 35.5. The molecule has 0 fully saturated rings. The normalized spacial score (nSPS) is 10.2. The molecule has 2 N–H and O–H groups in total. The summed E-state index contributed by atoms with van der Waals surface area (Å²) >= 11 is 5.63. The summed E-state index contributed by atoms with van der Waals surface area (Å²) in [6.45, 7) is -0.487. The molecule has 2 rings (SSSR count). The van der Waals surface area contributed by atoms with Crippen LogP contribution < -0.4 is 10.5 Å². The topological polar surface area (TPSA) is 61.5 Å². The maximum absolute atomic E-state index is 13.5. The molecule has 21 heavy (non-hydrogen) atoms. The van der Waals surface area contributed by atoms with Crippen molar-refractivity contribution >= 4 is 23.3 Å². The number of esters is 1. The number of rotatable bonds is 5. The first-order valence-corrected chi connectivity index (χ1v) is 6.51. The molecule has 0 atom stereocenters. The first-order chi connectivity index (χ1) is 10.1. The second-order valence-electron chi connectivity index (χ2n) is 4.22. The molecule has 0 saturated carbocycles. The monoisotopic (exact) mass is 309 g/mol. The SMILES string of the molecule is Nc1ccccc1OCC(=O)OCc1ccc(Cl)cc1F. The number of benzene rings is 2. The van der Waals surface area contributed by atoms with Gasteiger partial charge in [0.25, 0.3) is 0 Å². The Morgan fingerprint density at radius 2 is 2.00 bits per heavy atom. The molecule has 0 radical (unpaired) electrons. The van der Waals surface area contributed by atoms with Gasteiger partial charge in [0.05, 0.1) is 5.69 Å². The third-order valence-corrected chi connectivity index (χ3v) is 2.90. The molecule has 0 spiro atoms. The van der Waals surface area contributed by atoms with Crippen molar-refractivity contribution in [2.24, 2.45) is 0 Å². The van der Waals surface area contributed by atoms with Crippen molar-refractivity contribution in [3.63, 3.8) is 0 Å². The predicted octanol–water partition coefficient (Wildman–Crippen LogP) is 3.18. The number of halogens is 2. The Balaban J connectivity index is 1.84. The van der Waals surface area contributed by atoms with Crippen LogP contribution in [0.1, 0.15) is 5.56 Å². The molecule has 0 heterocycles. The van der Waals surface area contributed by atoms with Gasteiger partial charge in [-0.05, 0) is 24.3 Å². The van der Waals surface area contributed by atoms with Gasteiger partial charge in [-0.1, -0.05) is 29.8 Å². The van der Waals surface area contributed by atoms with Crippen LogP contribution in [0, 0.1) is 5.82 Å². The number of hydrogen-bond acceptors (Lipinski definition) is 4. The first kappa shape index (κ1) is 15.1. The lowest BCUT2D eigenvalue weighted by Gasteiger charge is -2.09. The smallest absolute Gasteiger partial charge is 0.344 e. The summed E-state index contributed by atoms with van der Waals surface area (Å²) in [5.41, 5.74) is 6.33. The van der Waals surface area contributed by atoms with Gasteiger partial charge in [-0.15, -0.1) is 0 Å². The fourth-order valence-corrected chi connectivity index (χ4v) is 1.75. The molecule has 0 unspecified atom stereocenters. The lowest BCUT2D eigenvalue weighted by atomic mass is 10.2. The van der Waals surface area contributed by atoms with Gasteiger partial charge in [0.2, 0.25) is 0 Å². The zero-order valence-corrected chi connectivity index (χ0v) is 11.8. The maximum Gasteiger partial charge on any atom is 0.344 e. The third kappa shape index (κ3) is 4.36. The molecule has 0 amide bonds. The second kappa shape index (κ2) is 6.95. The van der Waals surface area contributed by atoms with E-state index in [-0.39, 0.29) is 23.8 Å². The van der Waals surface area contributed by atoms with E-state index in [1.54, 1.807) is 24.3 Å². The summed E-state index contributed by atoms with van der Waals surface area (Å²) in [6.07, 6.45) is 0. The summed E-state index contributed by atoms with van der Waals surface area (Å²) in [6, 6.07) is 10.9. The van der Waals surface area contributed by atoms with Gasteiger partial charge >= 0.3 is 5.97 Å². The molecule has 6 heteroatoms. The van der Waals surface area contributed by atoms with E-state index in [1.165, 1.54) is 12.1 Å². The van der Waals surface area contributed by atoms with Crippen molar-refractivity contribution in [1.82, 2.24) is 0 Å². The number of nitrogens with two attached hydrogens (primary N) is 1. The van der Waals surface area contributed by atoms with Crippen LogP contribution in [0.25, 0.3) is 0 Å². The molecule has 0 saturated heterocycles. The molecular weight excluding hydrogens is 297 g/mol. The zero-order valence-electron chi connectivity index (χ0n) is 11.0. The van der Waals surface area contributed by atoms with Crippen molar-refractivity contribution in [3.8, 4) is 5.75 Å². The highest BCUT2D eigenvalue weighted by molar-refractivity contribution is 6.30.